The number of rotatable bonds is 6. The minimum Gasteiger partial charge on any atom is -0.450 e. The largest absolute Gasteiger partial charge is 0.450 e. The van der Waals surface area contributed by atoms with E-state index in [0.717, 1.165) is 33.9 Å². The van der Waals surface area contributed by atoms with Gasteiger partial charge in [0, 0.05) is 6.07 Å². The molecule has 0 unspecified atom stereocenters. The molecule has 184 valence electrons. The van der Waals surface area contributed by atoms with Gasteiger partial charge in [0.15, 0.2) is 0 Å². The highest BCUT2D eigenvalue weighted by atomic mass is 32.2. The number of thioether (sulfide) groups is 1. The van der Waals surface area contributed by atoms with Crippen LogP contribution in [0.3, 0.4) is 0 Å². The summed E-state index contributed by atoms with van der Waals surface area (Å²) in [6.45, 7) is 2.04. The van der Waals surface area contributed by atoms with Gasteiger partial charge in [-0.15, -0.1) is 0 Å². The second-order valence-corrected chi connectivity index (χ2v) is 8.86. The molecule has 0 bridgehead atoms. The lowest BCUT2D eigenvalue weighted by Gasteiger charge is -2.12. The number of alkyl halides is 3. The Morgan fingerprint density at radius 1 is 1.06 bits per heavy atom. The summed E-state index contributed by atoms with van der Waals surface area (Å²) in [5.74, 6) is -0.731. The Morgan fingerprint density at radius 3 is 2.50 bits per heavy atom. The topological polar surface area (TPSA) is 89.8 Å². The van der Waals surface area contributed by atoms with Crippen LogP contribution >= 0.6 is 11.8 Å². The molecule has 1 aliphatic rings. The molecule has 3 aromatic carbocycles. The second-order valence-electron chi connectivity index (χ2n) is 7.87. The van der Waals surface area contributed by atoms with Crippen molar-refractivity contribution in [2.24, 2.45) is 0 Å². The molecule has 1 aliphatic heterocycles. The fourth-order valence-electron chi connectivity index (χ4n) is 3.50. The maximum Gasteiger partial charge on any atom is 0.416 e. The van der Waals surface area contributed by atoms with E-state index in [1.807, 2.05) is 31.2 Å². The van der Waals surface area contributed by atoms with Gasteiger partial charge in [0.2, 0.25) is 5.75 Å². The molecule has 1 heterocycles. The van der Waals surface area contributed by atoms with Crippen molar-refractivity contribution in [2.45, 2.75) is 19.6 Å². The number of nitro groups is 1. The van der Waals surface area contributed by atoms with E-state index in [4.69, 9.17) is 4.74 Å². The first-order chi connectivity index (χ1) is 17.0. The van der Waals surface area contributed by atoms with Crippen LogP contribution in [0.5, 0.6) is 11.5 Å². The molecule has 11 heteroatoms. The zero-order valence-electron chi connectivity index (χ0n) is 18.6. The van der Waals surface area contributed by atoms with Crippen LogP contribution in [-0.2, 0) is 17.5 Å². The fourth-order valence-corrected chi connectivity index (χ4v) is 4.34. The number of aryl methyl sites for hydroxylation is 1. The minimum absolute atomic E-state index is 0.102. The molecule has 0 N–H and O–H groups in total. The van der Waals surface area contributed by atoms with Crippen LogP contribution in [0, 0.1) is 17.0 Å². The number of nitrogens with zero attached hydrogens (tertiary/aromatic N) is 2. The number of hydrogen-bond acceptors (Lipinski definition) is 6. The van der Waals surface area contributed by atoms with Crippen molar-refractivity contribution in [1.82, 2.24) is 4.90 Å². The Kier molecular flexibility index (Phi) is 6.84. The van der Waals surface area contributed by atoms with E-state index in [0.29, 0.717) is 17.7 Å². The van der Waals surface area contributed by atoms with Crippen LogP contribution < -0.4 is 4.74 Å². The van der Waals surface area contributed by atoms with Gasteiger partial charge in [-0.1, -0.05) is 42.0 Å². The lowest BCUT2D eigenvalue weighted by Crippen LogP contribution is -2.27. The zero-order valence-corrected chi connectivity index (χ0v) is 19.4. The molecular weight excluding hydrogens is 497 g/mol. The number of amides is 2. The number of ether oxygens (including phenoxy) is 1. The number of carbonyl (C=O) groups is 2. The highest BCUT2D eigenvalue weighted by molar-refractivity contribution is 8.18. The average molecular weight is 514 g/mol. The van der Waals surface area contributed by atoms with Gasteiger partial charge < -0.3 is 4.74 Å². The van der Waals surface area contributed by atoms with Gasteiger partial charge in [0.1, 0.15) is 5.75 Å². The maximum atomic E-state index is 12.9. The van der Waals surface area contributed by atoms with Gasteiger partial charge in [-0.25, -0.2) is 0 Å². The molecule has 0 saturated carbocycles. The van der Waals surface area contributed by atoms with Crippen LogP contribution in [0.1, 0.15) is 22.3 Å². The first-order valence-corrected chi connectivity index (χ1v) is 11.3. The first-order valence-electron chi connectivity index (χ1n) is 10.5. The molecule has 0 spiro atoms. The van der Waals surface area contributed by atoms with E-state index in [-0.39, 0.29) is 22.9 Å². The molecule has 0 atom stereocenters. The number of nitro benzene ring substituents is 1. The highest BCUT2D eigenvalue weighted by Crippen LogP contribution is 2.38. The third-order valence-corrected chi connectivity index (χ3v) is 6.07. The Labute approximate surface area is 207 Å². The molecule has 0 aliphatic carbocycles. The molecule has 36 heavy (non-hydrogen) atoms. The van der Waals surface area contributed by atoms with Crippen molar-refractivity contribution >= 4 is 34.7 Å². The number of hydrogen-bond donors (Lipinski definition) is 0. The third kappa shape index (κ3) is 5.57. The predicted octanol–water partition coefficient (Wildman–Crippen LogP) is 6.95. The van der Waals surface area contributed by atoms with E-state index < -0.39 is 33.5 Å². The van der Waals surface area contributed by atoms with Gasteiger partial charge in [-0.05, 0) is 60.2 Å². The summed E-state index contributed by atoms with van der Waals surface area (Å²) in [5.41, 5.74) is 0.263. The number of benzene rings is 3. The summed E-state index contributed by atoms with van der Waals surface area (Å²) in [5, 5.41) is 10.9. The van der Waals surface area contributed by atoms with Crippen molar-refractivity contribution in [3.05, 3.63) is 104 Å². The van der Waals surface area contributed by atoms with Crippen LogP contribution in [0.4, 0.5) is 23.7 Å². The molecule has 2 amide bonds. The minimum atomic E-state index is -4.74. The highest BCUT2D eigenvalue weighted by Gasteiger charge is 2.35. The van der Waals surface area contributed by atoms with Gasteiger partial charge in [0.25, 0.3) is 11.1 Å². The van der Waals surface area contributed by atoms with E-state index >= 15 is 0 Å². The van der Waals surface area contributed by atoms with Crippen molar-refractivity contribution in [2.75, 3.05) is 0 Å². The van der Waals surface area contributed by atoms with Crippen LogP contribution in [0.15, 0.2) is 71.6 Å². The molecule has 7 nitrogen and oxygen atoms in total. The molecule has 1 fully saturated rings. The van der Waals surface area contributed by atoms with E-state index in [1.165, 1.54) is 18.2 Å². The van der Waals surface area contributed by atoms with E-state index in [2.05, 4.69) is 0 Å². The molecule has 3 aromatic rings. The summed E-state index contributed by atoms with van der Waals surface area (Å²) in [7, 11) is 0. The summed E-state index contributed by atoms with van der Waals surface area (Å²) in [4.78, 5) is 36.9. The quantitative estimate of drug-likeness (QED) is 0.201. The van der Waals surface area contributed by atoms with E-state index in [9.17, 15) is 32.9 Å². The molecular formula is C25H17F3N2O5S. The Morgan fingerprint density at radius 2 is 1.81 bits per heavy atom. The van der Waals surface area contributed by atoms with Crippen molar-refractivity contribution in [3.63, 3.8) is 0 Å². The monoisotopic (exact) mass is 514 g/mol. The summed E-state index contributed by atoms with van der Waals surface area (Å²) < 4.78 is 44.3. The lowest BCUT2D eigenvalue weighted by atomic mass is 10.1. The predicted molar refractivity (Wildman–Crippen MR) is 127 cm³/mol. The molecule has 0 radical (unpaired) electrons. The van der Waals surface area contributed by atoms with Crippen LogP contribution in [0.2, 0.25) is 0 Å². The van der Waals surface area contributed by atoms with Gasteiger partial charge >= 0.3 is 11.9 Å². The lowest BCUT2D eigenvalue weighted by molar-refractivity contribution is -0.385. The molecule has 4 rings (SSSR count). The standard InChI is InChI=1S/C25H17F3N2O5S/c1-15-4-2-6-17(10-15)14-29-23(31)22(36-24(29)32)12-16-5-3-7-19(11-16)35-21-9-8-18(25(26,27)28)13-20(21)30(33)34/h2-13H,14H2,1H3/b22-12-. The molecule has 1 saturated heterocycles. The zero-order chi connectivity index (χ0) is 26.0. The third-order valence-electron chi connectivity index (χ3n) is 5.16. The average Bonchev–Trinajstić information content (AvgIpc) is 3.06. The smallest absolute Gasteiger partial charge is 0.416 e. The summed E-state index contributed by atoms with van der Waals surface area (Å²) in [6, 6.07) is 15.5. The van der Waals surface area contributed by atoms with Crippen LogP contribution in [0.25, 0.3) is 6.08 Å². The summed E-state index contributed by atoms with van der Waals surface area (Å²) in [6.07, 6.45) is -3.26. The maximum absolute atomic E-state index is 12.9. The number of halogens is 3. The normalized spacial score (nSPS) is 15.0. The van der Waals surface area contributed by atoms with E-state index in [1.54, 1.807) is 12.1 Å². The Hall–Kier alpha value is -4.12. The SMILES string of the molecule is Cc1cccc(CN2C(=O)S/C(=C\c3cccc(Oc4ccc(C(F)(F)F)cc4[N+](=O)[O-])c3)C2=O)c1. The second kappa shape index (κ2) is 9.86. The van der Waals surface area contributed by atoms with Gasteiger partial charge in [-0.3, -0.25) is 24.6 Å². The van der Waals surface area contributed by atoms with Crippen molar-refractivity contribution in [1.29, 1.82) is 0 Å². The van der Waals surface area contributed by atoms with Gasteiger partial charge in [0.05, 0.1) is 21.9 Å². The number of imide groups is 1. The van der Waals surface area contributed by atoms with Crippen LogP contribution in [-0.4, -0.2) is 21.0 Å². The Balaban J connectivity index is 1.55. The van der Waals surface area contributed by atoms with Crippen molar-refractivity contribution < 1.29 is 32.4 Å². The fraction of sp³-hybridized carbons (Fsp3) is 0.120. The Bertz CT molecular complexity index is 1400. The molecule has 0 aromatic heterocycles. The first kappa shape index (κ1) is 25.0. The summed E-state index contributed by atoms with van der Waals surface area (Å²) >= 11 is 0.782. The number of carbonyl (C=O) groups excluding carboxylic acids is 2. The van der Waals surface area contributed by atoms with Gasteiger partial charge in [-0.2, -0.15) is 13.2 Å². The van der Waals surface area contributed by atoms with Crippen molar-refractivity contribution in [3.8, 4) is 11.5 Å².